The van der Waals surface area contributed by atoms with E-state index < -0.39 is 0 Å². The lowest BCUT2D eigenvalue weighted by Gasteiger charge is -2.07. The van der Waals surface area contributed by atoms with Gasteiger partial charge in [-0.1, -0.05) is 117 Å². The molecule has 0 rings (SSSR count). The molecule has 0 fully saturated rings. The fourth-order valence-electron chi connectivity index (χ4n) is 3.78. The van der Waals surface area contributed by atoms with Crippen molar-refractivity contribution in [1.82, 2.24) is 0 Å². The van der Waals surface area contributed by atoms with E-state index in [-0.39, 0.29) is 11.9 Å². The van der Waals surface area contributed by atoms with Gasteiger partial charge in [-0.3, -0.25) is 9.59 Å². The summed E-state index contributed by atoms with van der Waals surface area (Å²) in [6, 6.07) is 0. The first kappa shape index (κ1) is 30.9. The zero-order valence-electron chi connectivity index (χ0n) is 21.8. The average molecular weight is 455 g/mol. The van der Waals surface area contributed by atoms with Gasteiger partial charge in [-0.15, -0.1) is 0 Å². The number of ether oxygens (including phenoxy) is 2. The van der Waals surface area contributed by atoms with Crippen molar-refractivity contribution in [3.05, 3.63) is 0 Å². The Morgan fingerprint density at radius 1 is 0.531 bits per heavy atom. The van der Waals surface area contributed by atoms with Gasteiger partial charge in [0.25, 0.3) is 0 Å². The van der Waals surface area contributed by atoms with Gasteiger partial charge in [0.15, 0.2) is 0 Å². The summed E-state index contributed by atoms with van der Waals surface area (Å²) in [7, 11) is 0. The van der Waals surface area contributed by atoms with Crippen LogP contribution in [0.2, 0.25) is 0 Å². The summed E-state index contributed by atoms with van der Waals surface area (Å²) in [5.74, 6) is 0.283. The Labute approximate surface area is 199 Å². The fraction of sp³-hybridized carbons (Fsp3) is 0.929. The highest BCUT2D eigenvalue weighted by Crippen LogP contribution is 2.13. The lowest BCUT2D eigenvalue weighted by atomic mass is 10.1. The third-order valence-corrected chi connectivity index (χ3v) is 5.85. The van der Waals surface area contributed by atoms with E-state index in [4.69, 9.17) is 9.47 Å². The first-order chi connectivity index (χ1) is 15.6. The molecule has 0 N–H and O–H groups in total. The Bertz CT molecular complexity index is 420. The molecule has 0 saturated heterocycles. The predicted octanol–water partition coefficient (Wildman–Crippen LogP) is 8.55. The Morgan fingerprint density at radius 3 is 1.34 bits per heavy atom. The minimum atomic E-state index is -0.0744. The van der Waals surface area contributed by atoms with E-state index >= 15 is 0 Å². The van der Waals surface area contributed by atoms with Gasteiger partial charge in [0, 0.05) is 12.8 Å². The van der Waals surface area contributed by atoms with Crippen LogP contribution in [0, 0.1) is 5.92 Å². The molecule has 190 valence electrons. The molecule has 0 saturated carbocycles. The molecule has 0 aromatic carbocycles. The SMILES string of the molecule is CCCCCCCCCCCCCCOC(=O)CCCCCCCCC(=O)OCC(C)C. The highest BCUT2D eigenvalue weighted by Gasteiger charge is 2.05. The van der Waals surface area contributed by atoms with Gasteiger partial charge in [0.1, 0.15) is 0 Å². The molecule has 0 spiro atoms. The van der Waals surface area contributed by atoms with E-state index in [9.17, 15) is 9.59 Å². The normalized spacial score (nSPS) is 11.1. The van der Waals surface area contributed by atoms with Crippen LogP contribution in [0.25, 0.3) is 0 Å². The van der Waals surface area contributed by atoms with Crippen molar-refractivity contribution in [2.75, 3.05) is 13.2 Å². The molecule has 0 amide bonds. The lowest BCUT2D eigenvalue weighted by molar-refractivity contribution is -0.145. The Hall–Kier alpha value is -1.06. The summed E-state index contributed by atoms with van der Waals surface area (Å²) >= 11 is 0. The first-order valence-electron chi connectivity index (χ1n) is 13.9. The largest absolute Gasteiger partial charge is 0.466 e. The number of unbranched alkanes of at least 4 members (excludes halogenated alkanes) is 16. The number of rotatable bonds is 24. The standard InChI is InChI=1S/C28H54O4/c1-4-5-6-7-8-9-10-11-12-15-18-21-24-31-27(29)22-19-16-13-14-17-20-23-28(30)32-25-26(2)3/h26H,4-25H2,1-3H3. The van der Waals surface area contributed by atoms with Crippen LogP contribution in [0.15, 0.2) is 0 Å². The molecular weight excluding hydrogens is 400 g/mol. The molecule has 4 heteroatoms. The maximum Gasteiger partial charge on any atom is 0.305 e. The molecule has 0 aromatic heterocycles. The van der Waals surface area contributed by atoms with Crippen LogP contribution in [0.5, 0.6) is 0 Å². The summed E-state index contributed by atoms with van der Waals surface area (Å²) in [5.41, 5.74) is 0. The van der Waals surface area contributed by atoms with Crippen LogP contribution >= 0.6 is 0 Å². The molecule has 0 radical (unpaired) electrons. The fourth-order valence-corrected chi connectivity index (χ4v) is 3.78. The van der Waals surface area contributed by atoms with Crippen LogP contribution in [0.3, 0.4) is 0 Å². The van der Waals surface area contributed by atoms with E-state index in [0.717, 1.165) is 44.9 Å². The summed E-state index contributed by atoms with van der Waals surface area (Å²) in [6.45, 7) is 7.46. The minimum Gasteiger partial charge on any atom is -0.466 e. The van der Waals surface area contributed by atoms with Crippen LogP contribution in [0.4, 0.5) is 0 Å². The molecule has 0 aliphatic carbocycles. The van der Waals surface area contributed by atoms with Crippen LogP contribution in [-0.2, 0) is 19.1 Å². The smallest absolute Gasteiger partial charge is 0.305 e. The summed E-state index contributed by atoms with van der Waals surface area (Å²) in [6.07, 6.45) is 23.1. The van der Waals surface area contributed by atoms with Gasteiger partial charge < -0.3 is 9.47 Å². The predicted molar refractivity (Wildman–Crippen MR) is 135 cm³/mol. The van der Waals surface area contributed by atoms with Gasteiger partial charge >= 0.3 is 11.9 Å². The third-order valence-electron chi connectivity index (χ3n) is 5.85. The molecule has 0 bridgehead atoms. The van der Waals surface area contributed by atoms with E-state index in [2.05, 4.69) is 6.92 Å². The molecule has 0 aliphatic rings. The topological polar surface area (TPSA) is 52.6 Å². The Balaban J connectivity index is 3.23. The van der Waals surface area contributed by atoms with Crippen molar-refractivity contribution in [3.8, 4) is 0 Å². The number of carbonyl (C=O) groups excluding carboxylic acids is 2. The van der Waals surface area contributed by atoms with E-state index in [1.807, 2.05) is 13.8 Å². The third kappa shape index (κ3) is 25.2. The minimum absolute atomic E-state index is 0.0408. The molecule has 32 heavy (non-hydrogen) atoms. The van der Waals surface area contributed by atoms with Crippen molar-refractivity contribution < 1.29 is 19.1 Å². The maximum absolute atomic E-state index is 11.8. The van der Waals surface area contributed by atoms with E-state index in [0.29, 0.717) is 32.0 Å². The second-order valence-electron chi connectivity index (χ2n) is 9.81. The highest BCUT2D eigenvalue weighted by molar-refractivity contribution is 5.69. The molecule has 0 aromatic rings. The van der Waals surface area contributed by atoms with Crippen molar-refractivity contribution in [3.63, 3.8) is 0 Å². The van der Waals surface area contributed by atoms with Crippen molar-refractivity contribution in [2.24, 2.45) is 5.92 Å². The van der Waals surface area contributed by atoms with E-state index in [1.165, 1.54) is 70.6 Å². The molecular formula is C28H54O4. The zero-order chi connectivity index (χ0) is 23.7. The Kier molecular flexibility index (Phi) is 23.8. The summed E-state index contributed by atoms with van der Waals surface area (Å²) in [5, 5.41) is 0. The summed E-state index contributed by atoms with van der Waals surface area (Å²) < 4.78 is 10.5. The second kappa shape index (κ2) is 24.6. The number of esters is 2. The zero-order valence-corrected chi connectivity index (χ0v) is 21.8. The average Bonchev–Trinajstić information content (AvgIpc) is 2.77. The Morgan fingerprint density at radius 2 is 0.906 bits per heavy atom. The van der Waals surface area contributed by atoms with Gasteiger partial charge in [0.05, 0.1) is 13.2 Å². The quantitative estimate of drug-likeness (QED) is 0.108. The highest BCUT2D eigenvalue weighted by atomic mass is 16.5. The van der Waals surface area contributed by atoms with Crippen molar-refractivity contribution in [1.29, 1.82) is 0 Å². The van der Waals surface area contributed by atoms with E-state index in [1.54, 1.807) is 0 Å². The van der Waals surface area contributed by atoms with Gasteiger partial charge in [0.2, 0.25) is 0 Å². The van der Waals surface area contributed by atoms with Crippen LogP contribution < -0.4 is 0 Å². The molecule has 0 aliphatic heterocycles. The second-order valence-corrected chi connectivity index (χ2v) is 9.81. The molecule has 4 nitrogen and oxygen atoms in total. The van der Waals surface area contributed by atoms with Crippen molar-refractivity contribution in [2.45, 2.75) is 149 Å². The summed E-state index contributed by atoms with van der Waals surface area (Å²) in [4.78, 5) is 23.3. The first-order valence-corrected chi connectivity index (χ1v) is 13.9. The maximum atomic E-state index is 11.8. The number of hydrogen-bond acceptors (Lipinski definition) is 4. The molecule has 0 unspecified atom stereocenters. The van der Waals surface area contributed by atoms with Crippen LogP contribution in [0.1, 0.15) is 149 Å². The van der Waals surface area contributed by atoms with Gasteiger partial charge in [-0.25, -0.2) is 0 Å². The molecule has 0 heterocycles. The number of carbonyl (C=O) groups is 2. The van der Waals surface area contributed by atoms with Crippen molar-refractivity contribution >= 4 is 11.9 Å². The molecule has 0 atom stereocenters. The van der Waals surface area contributed by atoms with Crippen LogP contribution in [-0.4, -0.2) is 25.2 Å². The van der Waals surface area contributed by atoms with Gasteiger partial charge in [-0.2, -0.15) is 0 Å². The van der Waals surface area contributed by atoms with Gasteiger partial charge in [-0.05, 0) is 25.2 Å². The number of hydrogen-bond donors (Lipinski definition) is 0. The monoisotopic (exact) mass is 454 g/mol. The lowest BCUT2D eigenvalue weighted by Crippen LogP contribution is -2.09.